The van der Waals surface area contributed by atoms with Gasteiger partial charge >= 0.3 is 0 Å². The van der Waals surface area contributed by atoms with Gasteiger partial charge in [0.05, 0.1) is 13.2 Å². The van der Waals surface area contributed by atoms with Crippen LogP contribution in [0.25, 0.3) is 0 Å². The standard InChI is InChI=1S/C23H37N5O2.HI/c1-27(2)22(29)17-25-23(26-18-10-4-5-11-18)24-16-20(28-14-8-9-15-28)19-12-6-7-13-21(19)30-3;/h6-7,12-13,18,20H,4-5,8-11,14-17H2,1-3H3,(H2,24,25,26);1H. The van der Waals surface area contributed by atoms with Crippen molar-refractivity contribution in [3.8, 4) is 5.75 Å². The van der Waals surface area contributed by atoms with Crippen molar-refractivity contribution in [3.63, 3.8) is 0 Å². The first-order chi connectivity index (χ1) is 14.6. The maximum absolute atomic E-state index is 12.1. The summed E-state index contributed by atoms with van der Waals surface area (Å²) in [6.07, 6.45) is 7.27. The molecule has 1 unspecified atom stereocenters. The Balaban J connectivity index is 0.00000341. The molecular weight excluding hydrogens is 505 g/mol. The topological polar surface area (TPSA) is 69.2 Å². The fourth-order valence-corrected chi connectivity index (χ4v) is 4.33. The van der Waals surface area contributed by atoms with E-state index in [2.05, 4.69) is 32.7 Å². The van der Waals surface area contributed by atoms with E-state index in [0.717, 1.165) is 44.2 Å². The first-order valence-electron chi connectivity index (χ1n) is 11.2. The zero-order chi connectivity index (χ0) is 21.3. The smallest absolute Gasteiger partial charge is 0.243 e. The van der Waals surface area contributed by atoms with E-state index in [1.54, 1.807) is 26.1 Å². The lowest BCUT2D eigenvalue weighted by Crippen LogP contribution is -2.46. The summed E-state index contributed by atoms with van der Waals surface area (Å²) in [6.45, 7) is 3.05. The minimum absolute atomic E-state index is 0. The number of ether oxygens (including phenoxy) is 1. The van der Waals surface area contributed by atoms with Crippen LogP contribution in [0.15, 0.2) is 29.3 Å². The molecule has 1 amide bonds. The normalized spacial score (nSPS) is 18.4. The molecule has 1 saturated carbocycles. The molecule has 0 aromatic heterocycles. The van der Waals surface area contributed by atoms with E-state index in [0.29, 0.717) is 6.04 Å². The zero-order valence-electron chi connectivity index (χ0n) is 19.1. The molecule has 0 spiro atoms. The van der Waals surface area contributed by atoms with Crippen LogP contribution >= 0.6 is 24.0 Å². The number of rotatable bonds is 8. The summed E-state index contributed by atoms with van der Waals surface area (Å²) < 4.78 is 5.66. The molecule has 1 saturated heterocycles. The molecule has 0 radical (unpaired) electrons. The number of benzene rings is 1. The Labute approximate surface area is 204 Å². The zero-order valence-corrected chi connectivity index (χ0v) is 21.4. The minimum Gasteiger partial charge on any atom is -0.496 e. The number of amides is 1. The van der Waals surface area contributed by atoms with Gasteiger partial charge in [-0.25, -0.2) is 4.99 Å². The maximum atomic E-state index is 12.1. The highest BCUT2D eigenvalue weighted by Gasteiger charge is 2.26. The Morgan fingerprint density at radius 3 is 2.52 bits per heavy atom. The number of likely N-dealkylation sites (N-methyl/N-ethyl adjacent to an activating group) is 1. The fraction of sp³-hybridized carbons (Fsp3) is 0.652. The number of halogens is 1. The van der Waals surface area contributed by atoms with Crippen LogP contribution in [0, 0.1) is 0 Å². The van der Waals surface area contributed by atoms with Crippen LogP contribution in [0.4, 0.5) is 0 Å². The van der Waals surface area contributed by atoms with E-state index < -0.39 is 0 Å². The van der Waals surface area contributed by atoms with Gasteiger partial charge < -0.3 is 20.3 Å². The number of para-hydroxylation sites is 1. The molecule has 1 heterocycles. The second-order valence-corrected chi connectivity index (χ2v) is 8.46. The van der Waals surface area contributed by atoms with E-state index in [4.69, 9.17) is 4.74 Å². The third-order valence-electron chi connectivity index (χ3n) is 6.11. The molecule has 2 fully saturated rings. The lowest BCUT2D eigenvalue weighted by atomic mass is 10.0. The summed E-state index contributed by atoms with van der Waals surface area (Å²) in [7, 11) is 5.26. The molecule has 1 aliphatic heterocycles. The monoisotopic (exact) mass is 543 g/mol. The summed E-state index contributed by atoms with van der Waals surface area (Å²) in [6, 6.07) is 8.90. The van der Waals surface area contributed by atoms with Crippen LogP contribution in [0.1, 0.15) is 50.1 Å². The third-order valence-corrected chi connectivity index (χ3v) is 6.11. The largest absolute Gasteiger partial charge is 0.496 e. The van der Waals surface area contributed by atoms with Crippen LogP contribution in [-0.4, -0.2) is 75.1 Å². The summed E-state index contributed by atoms with van der Waals surface area (Å²) in [5, 5.41) is 7.09. The molecule has 2 N–H and O–H groups in total. The molecule has 31 heavy (non-hydrogen) atoms. The van der Waals surface area contributed by atoms with Gasteiger partial charge in [-0.3, -0.25) is 9.69 Å². The van der Waals surface area contributed by atoms with Crippen molar-refractivity contribution in [1.29, 1.82) is 0 Å². The number of carbonyl (C=O) groups is 1. The summed E-state index contributed by atoms with van der Waals surface area (Å²) in [5.74, 6) is 1.65. The van der Waals surface area contributed by atoms with Gasteiger partial charge in [0.1, 0.15) is 12.3 Å². The molecule has 2 aliphatic rings. The average molecular weight is 543 g/mol. The number of nitrogens with zero attached hydrogens (tertiary/aromatic N) is 3. The van der Waals surface area contributed by atoms with Gasteiger partial charge in [-0.15, -0.1) is 24.0 Å². The summed E-state index contributed by atoms with van der Waals surface area (Å²) in [5.41, 5.74) is 1.19. The average Bonchev–Trinajstić information content (AvgIpc) is 3.46. The Bertz CT molecular complexity index is 716. The highest BCUT2D eigenvalue weighted by molar-refractivity contribution is 14.0. The van der Waals surface area contributed by atoms with Gasteiger partial charge in [0.25, 0.3) is 0 Å². The molecule has 1 aromatic rings. The Kier molecular flexibility index (Phi) is 10.9. The maximum Gasteiger partial charge on any atom is 0.243 e. The first kappa shape index (κ1) is 25.7. The van der Waals surface area contributed by atoms with Crippen molar-refractivity contribution < 1.29 is 9.53 Å². The van der Waals surface area contributed by atoms with Crippen molar-refractivity contribution >= 4 is 35.8 Å². The number of aliphatic imine (C=N–C) groups is 1. The summed E-state index contributed by atoms with van der Waals surface area (Å²) in [4.78, 5) is 20.8. The SMILES string of the molecule is COc1ccccc1C(CNC(=NCC(=O)N(C)C)NC1CCCC1)N1CCCC1.I. The first-order valence-corrected chi connectivity index (χ1v) is 11.2. The second kappa shape index (κ2) is 13.1. The molecule has 1 aliphatic carbocycles. The molecule has 1 atom stereocenters. The quantitative estimate of drug-likeness (QED) is 0.300. The molecular formula is C23H38IN5O2. The highest BCUT2D eigenvalue weighted by atomic mass is 127. The van der Waals surface area contributed by atoms with Gasteiger partial charge in [0, 0.05) is 32.2 Å². The van der Waals surface area contributed by atoms with Crippen LogP contribution < -0.4 is 15.4 Å². The summed E-state index contributed by atoms with van der Waals surface area (Å²) >= 11 is 0. The van der Waals surface area contributed by atoms with E-state index in [1.165, 1.54) is 31.2 Å². The lowest BCUT2D eigenvalue weighted by molar-refractivity contribution is -0.127. The second-order valence-electron chi connectivity index (χ2n) is 8.46. The van der Waals surface area contributed by atoms with Crippen LogP contribution in [0.3, 0.4) is 0 Å². The molecule has 8 heteroatoms. The number of carbonyl (C=O) groups excluding carboxylic acids is 1. The van der Waals surface area contributed by atoms with Crippen molar-refractivity contribution in [2.45, 2.75) is 50.6 Å². The van der Waals surface area contributed by atoms with Gasteiger partial charge in [0.2, 0.25) is 5.91 Å². The number of nitrogens with one attached hydrogen (secondary N) is 2. The Morgan fingerprint density at radius 1 is 1.19 bits per heavy atom. The predicted molar refractivity (Wildman–Crippen MR) is 136 cm³/mol. The Hall–Kier alpha value is -1.55. The number of hydrogen-bond donors (Lipinski definition) is 2. The molecule has 7 nitrogen and oxygen atoms in total. The predicted octanol–water partition coefficient (Wildman–Crippen LogP) is 3.02. The van der Waals surface area contributed by atoms with Crippen molar-refractivity contribution in [1.82, 2.24) is 20.4 Å². The van der Waals surface area contributed by atoms with Gasteiger partial charge in [-0.2, -0.15) is 0 Å². The van der Waals surface area contributed by atoms with E-state index in [-0.39, 0.29) is 42.5 Å². The number of methoxy groups -OCH3 is 1. The third kappa shape index (κ3) is 7.52. The number of hydrogen-bond acceptors (Lipinski definition) is 4. The fourth-order valence-electron chi connectivity index (χ4n) is 4.33. The van der Waals surface area contributed by atoms with Crippen molar-refractivity contribution in [2.24, 2.45) is 4.99 Å². The molecule has 1 aromatic carbocycles. The van der Waals surface area contributed by atoms with Crippen LogP contribution in [-0.2, 0) is 4.79 Å². The highest BCUT2D eigenvalue weighted by Crippen LogP contribution is 2.31. The van der Waals surface area contributed by atoms with Gasteiger partial charge in [0.15, 0.2) is 5.96 Å². The number of guanidine groups is 1. The molecule has 174 valence electrons. The van der Waals surface area contributed by atoms with Crippen molar-refractivity contribution in [2.75, 3.05) is 47.4 Å². The van der Waals surface area contributed by atoms with E-state index >= 15 is 0 Å². The van der Waals surface area contributed by atoms with Crippen LogP contribution in [0.2, 0.25) is 0 Å². The Morgan fingerprint density at radius 2 is 1.87 bits per heavy atom. The van der Waals surface area contributed by atoms with Gasteiger partial charge in [-0.1, -0.05) is 31.0 Å². The van der Waals surface area contributed by atoms with Crippen LogP contribution in [0.5, 0.6) is 5.75 Å². The molecule has 0 bridgehead atoms. The van der Waals surface area contributed by atoms with E-state index in [9.17, 15) is 4.79 Å². The van der Waals surface area contributed by atoms with Crippen molar-refractivity contribution in [3.05, 3.63) is 29.8 Å². The number of likely N-dealkylation sites (tertiary alicyclic amines) is 1. The molecule has 3 rings (SSSR count). The minimum atomic E-state index is 0. The lowest BCUT2D eigenvalue weighted by Gasteiger charge is -2.30. The van der Waals surface area contributed by atoms with Gasteiger partial charge in [-0.05, 0) is 44.8 Å². The van der Waals surface area contributed by atoms with E-state index in [1.807, 2.05) is 12.1 Å².